The lowest BCUT2D eigenvalue weighted by Gasteiger charge is -2.11. The number of nitrogens with zero attached hydrogens (tertiary/aromatic N) is 4. The summed E-state index contributed by atoms with van der Waals surface area (Å²) in [6.45, 7) is 0. The van der Waals surface area contributed by atoms with Crippen LogP contribution in [-0.2, 0) is 6.18 Å². The maximum absolute atomic E-state index is 14.0. The van der Waals surface area contributed by atoms with Gasteiger partial charge in [-0.05, 0) is 30.3 Å². The van der Waals surface area contributed by atoms with Crippen molar-refractivity contribution in [3.05, 3.63) is 59.1 Å². The van der Waals surface area contributed by atoms with Crippen LogP contribution in [0, 0.1) is 11.6 Å². The van der Waals surface area contributed by atoms with Crippen molar-refractivity contribution in [2.45, 2.75) is 6.18 Å². The summed E-state index contributed by atoms with van der Waals surface area (Å²) in [4.78, 5) is 7.03. The molecule has 0 bridgehead atoms. The minimum absolute atomic E-state index is 0.133. The molecule has 0 radical (unpaired) electrons. The number of halogens is 6. The lowest BCUT2D eigenvalue weighted by atomic mass is 10.0. The minimum Gasteiger partial charge on any atom is -0.232 e. The number of benzene rings is 1. The third-order valence-corrected chi connectivity index (χ3v) is 3.36. The van der Waals surface area contributed by atoms with E-state index in [-0.39, 0.29) is 22.5 Å². The van der Waals surface area contributed by atoms with Crippen LogP contribution in [0.3, 0.4) is 0 Å². The molecule has 3 aromatic rings. The quantitative estimate of drug-likeness (QED) is 0.489. The summed E-state index contributed by atoms with van der Waals surface area (Å²) in [6.07, 6.45) is -3.78. The van der Waals surface area contributed by atoms with Gasteiger partial charge in [0.05, 0.1) is 0 Å². The van der Waals surface area contributed by atoms with Gasteiger partial charge in [0, 0.05) is 11.1 Å². The van der Waals surface area contributed by atoms with E-state index in [4.69, 9.17) is 11.6 Å². The Morgan fingerprint density at radius 2 is 1.72 bits per heavy atom. The third kappa shape index (κ3) is 3.55. The number of rotatable bonds is 2. The molecule has 0 atom stereocenters. The topological polar surface area (TPSA) is 51.6 Å². The first-order valence-corrected chi connectivity index (χ1v) is 7.02. The Hall–Kier alpha value is -2.68. The van der Waals surface area contributed by atoms with E-state index in [2.05, 4.69) is 20.2 Å². The molecule has 0 fully saturated rings. The number of alkyl halides is 3. The molecular formula is C15H6ClF5N4. The van der Waals surface area contributed by atoms with Crippen molar-refractivity contribution >= 4 is 11.6 Å². The number of aromatic nitrogens is 4. The van der Waals surface area contributed by atoms with Crippen molar-refractivity contribution in [2.75, 3.05) is 0 Å². The Morgan fingerprint density at radius 3 is 2.44 bits per heavy atom. The van der Waals surface area contributed by atoms with Gasteiger partial charge in [-0.15, -0.1) is 10.2 Å². The zero-order chi connectivity index (χ0) is 18.2. The van der Waals surface area contributed by atoms with Gasteiger partial charge in [0.25, 0.3) is 0 Å². The second kappa shape index (κ2) is 6.32. The molecule has 0 spiro atoms. The standard InChI is InChI=1S/C15H6ClF5N4/c16-12-4-7(3-11(24-12)15(19,20)21)13-14(22-6-23-25-13)9-5-8(17)1-2-10(9)18/h1-6H. The zero-order valence-corrected chi connectivity index (χ0v) is 12.8. The highest BCUT2D eigenvalue weighted by atomic mass is 35.5. The number of pyridine rings is 1. The van der Waals surface area contributed by atoms with Crippen molar-refractivity contribution < 1.29 is 22.0 Å². The van der Waals surface area contributed by atoms with E-state index < -0.39 is 28.7 Å². The van der Waals surface area contributed by atoms with E-state index in [1.165, 1.54) is 0 Å². The summed E-state index contributed by atoms with van der Waals surface area (Å²) < 4.78 is 66.2. The van der Waals surface area contributed by atoms with E-state index in [0.29, 0.717) is 6.07 Å². The Balaban J connectivity index is 2.24. The largest absolute Gasteiger partial charge is 0.433 e. The molecule has 0 saturated heterocycles. The molecule has 128 valence electrons. The molecule has 2 heterocycles. The van der Waals surface area contributed by atoms with Crippen molar-refractivity contribution in [3.63, 3.8) is 0 Å². The minimum atomic E-state index is -4.75. The van der Waals surface area contributed by atoms with Gasteiger partial charge in [0.15, 0.2) is 0 Å². The van der Waals surface area contributed by atoms with Crippen molar-refractivity contribution in [2.24, 2.45) is 0 Å². The van der Waals surface area contributed by atoms with Gasteiger partial charge < -0.3 is 0 Å². The van der Waals surface area contributed by atoms with Crippen LogP contribution in [0.15, 0.2) is 36.7 Å². The van der Waals surface area contributed by atoms with Crippen LogP contribution >= 0.6 is 11.6 Å². The fourth-order valence-electron chi connectivity index (χ4n) is 2.12. The summed E-state index contributed by atoms with van der Waals surface area (Å²) >= 11 is 5.65. The molecule has 3 rings (SSSR count). The van der Waals surface area contributed by atoms with Crippen LogP contribution in [0.1, 0.15) is 5.69 Å². The van der Waals surface area contributed by atoms with Crippen molar-refractivity contribution in [1.82, 2.24) is 20.2 Å². The predicted molar refractivity (Wildman–Crippen MR) is 78.4 cm³/mol. The van der Waals surface area contributed by atoms with E-state index in [1.807, 2.05) is 0 Å². The van der Waals surface area contributed by atoms with Crippen LogP contribution < -0.4 is 0 Å². The van der Waals surface area contributed by atoms with E-state index in [1.54, 1.807) is 0 Å². The van der Waals surface area contributed by atoms with E-state index in [9.17, 15) is 22.0 Å². The Kier molecular flexibility index (Phi) is 4.34. The summed E-state index contributed by atoms with van der Waals surface area (Å²) in [5, 5.41) is 6.76. The first-order valence-electron chi connectivity index (χ1n) is 6.64. The Morgan fingerprint density at radius 1 is 0.960 bits per heavy atom. The first kappa shape index (κ1) is 17.2. The van der Waals surface area contributed by atoms with Crippen molar-refractivity contribution in [1.29, 1.82) is 0 Å². The molecule has 0 aliphatic carbocycles. The summed E-state index contributed by atoms with van der Waals surface area (Å²) in [5.41, 5.74) is -2.03. The van der Waals surface area contributed by atoms with Gasteiger partial charge in [-0.3, -0.25) is 0 Å². The fraction of sp³-hybridized carbons (Fsp3) is 0.0667. The van der Waals surface area contributed by atoms with Crippen molar-refractivity contribution in [3.8, 4) is 22.5 Å². The van der Waals surface area contributed by atoms with Gasteiger partial charge in [-0.25, -0.2) is 18.7 Å². The number of hydrogen-bond donors (Lipinski definition) is 0. The lowest BCUT2D eigenvalue weighted by molar-refractivity contribution is -0.141. The molecule has 0 aliphatic heterocycles. The molecule has 0 N–H and O–H groups in total. The smallest absolute Gasteiger partial charge is 0.232 e. The average Bonchev–Trinajstić information content (AvgIpc) is 2.56. The monoisotopic (exact) mass is 372 g/mol. The molecule has 10 heteroatoms. The molecule has 25 heavy (non-hydrogen) atoms. The van der Waals surface area contributed by atoms with Gasteiger partial charge >= 0.3 is 6.18 Å². The molecule has 0 saturated carbocycles. The zero-order valence-electron chi connectivity index (χ0n) is 12.0. The second-order valence-electron chi connectivity index (χ2n) is 4.84. The highest BCUT2D eigenvalue weighted by Crippen LogP contribution is 2.35. The predicted octanol–water partition coefficient (Wildman–Crippen LogP) is 4.55. The molecule has 0 aliphatic rings. The van der Waals surface area contributed by atoms with Crippen LogP contribution in [0.4, 0.5) is 22.0 Å². The summed E-state index contributed by atoms with van der Waals surface area (Å²) in [5.74, 6) is -1.57. The highest BCUT2D eigenvalue weighted by Gasteiger charge is 2.33. The molecule has 0 unspecified atom stereocenters. The molecular weight excluding hydrogens is 367 g/mol. The fourth-order valence-corrected chi connectivity index (χ4v) is 2.33. The SMILES string of the molecule is Fc1ccc(F)c(-c2ncnnc2-c2cc(Cl)nc(C(F)(F)F)c2)c1. The normalized spacial score (nSPS) is 11.6. The molecule has 4 nitrogen and oxygen atoms in total. The number of hydrogen-bond acceptors (Lipinski definition) is 4. The van der Waals surface area contributed by atoms with Gasteiger partial charge in [0.2, 0.25) is 0 Å². The second-order valence-corrected chi connectivity index (χ2v) is 5.23. The van der Waals surface area contributed by atoms with Crippen LogP contribution in [0.2, 0.25) is 5.15 Å². The van der Waals surface area contributed by atoms with Crippen LogP contribution in [0.5, 0.6) is 0 Å². The maximum Gasteiger partial charge on any atom is 0.433 e. The van der Waals surface area contributed by atoms with Crippen LogP contribution in [-0.4, -0.2) is 20.2 Å². The first-order chi connectivity index (χ1) is 11.8. The third-order valence-electron chi connectivity index (χ3n) is 3.16. The van der Waals surface area contributed by atoms with Gasteiger partial charge in [-0.1, -0.05) is 11.6 Å². The molecule has 1 aromatic carbocycles. The summed E-state index contributed by atoms with van der Waals surface area (Å²) in [6, 6.07) is 4.41. The molecule has 0 amide bonds. The lowest BCUT2D eigenvalue weighted by Crippen LogP contribution is -2.08. The van der Waals surface area contributed by atoms with Gasteiger partial charge in [-0.2, -0.15) is 13.2 Å². The maximum atomic E-state index is 14.0. The van der Waals surface area contributed by atoms with Crippen LogP contribution in [0.25, 0.3) is 22.5 Å². The Bertz CT molecular complexity index is 945. The Labute approximate surface area is 142 Å². The van der Waals surface area contributed by atoms with E-state index >= 15 is 0 Å². The highest BCUT2D eigenvalue weighted by molar-refractivity contribution is 6.29. The molecule has 2 aromatic heterocycles. The summed E-state index contributed by atoms with van der Waals surface area (Å²) in [7, 11) is 0. The average molecular weight is 373 g/mol. The van der Waals surface area contributed by atoms with Gasteiger partial charge in [0.1, 0.15) is 40.2 Å². The van der Waals surface area contributed by atoms with E-state index in [0.717, 1.165) is 30.6 Å².